The van der Waals surface area contributed by atoms with Crippen LogP contribution in [0.2, 0.25) is 0 Å². The third-order valence-corrected chi connectivity index (χ3v) is 6.16. The first-order valence-corrected chi connectivity index (χ1v) is 9.77. The van der Waals surface area contributed by atoms with E-state index in [0.29, 0.717) is 12.1 Å². The average Bonchev–Trinajstić information content (AvgIpc) is 2.54. The minimum atomic E-state index is -0.174. The molecule has 6 atom stereocenters. The lowest BCUT2D eigenvalue weighted by Gasteiger charge is -2.41. The molecule has 6 nitrogen and oxygen atoms in total. The Morgan fingerprint density at radius 3 is 2.46 bits per heavy atom. The molecule has 2 amide bonds. The summed E-state index contributed by atoms with van der Waals surface area (Å²) in [6, 6.07) is 0.669. The van der Waals surface area contributed by atoms with Crippen LogP contribution in [-0.4, -0.2) is 49.6 Å². The molecule has 1 saturated heterocycles. The molecule has 0 spiro atoms. The molecule has 1 heterocycles. The van der Waals surface area contributed by atoms with Crippen molar-refractivity contribution in [3.63, 3.8) is 0 Å². The lowest BCUT2D eigenvalue weighted by atomic mass is 9.69. The van der Waals surface area contributed by atoms with Crippen molar-refractivity contribution < 1.29 is 4.79 Å². The number of fused-ring (bicyclic) bond motifs is 1. The molecule has 3 rings (SSSR count). The van der Waals surface area contributed by atoms with Crippen molar-refractivity contribution in [1.82, 2.24) is 26.2 Å². The molecule has 6 unspecified atom stereocenters. The average molecular weight is 338 g/mol. The maximum absolute atomic E-state index is 12.4. The highest BCUT2D eigenvalue weighted by molar-refractivity contribution is 5.74. The zero-order valence-electron chi connectivity index (χ0n) is 15.5. The van der Waals surface area contributed by atoms with Crippen molar-refractivity contribution >= 4 is 6.03 Å². The molecule has 2 saturated carbocycles. The van der Waals surface area contributed by atoms with E-state index in [1.807, 2.05) is 0 Å². The number of nitrogens with zero attached hydrogens (tertiary/aromatic N) is 1. The molecular formula is C18H35N5O. The van der Waals surface area contributed by atoms with Gasteiger partial charge in [-0.25, -0.2) is 4.79 Å². The fraction of sp³-hybridized carbons (Fsp3) is 0.944. The molecule has 0 aromatic heterocycles. The Kier molecular flexibility index (Phi) is 6.00. The first kappa shape index (κ1) is 18.0. The highest BCUT2D eigenvalue weighted by Crippen LogP contribution is 2.40. The summed E-state index contributed by atoms with van der Waals surface area (Å²) in [5.74, 6) is 1.75. The zero-order valence-corrected chi connectivity index (χ0v) is 15.5. The smallest absolute Gasteiger partial charge is 0.317 e. The van der Waals surface area contributed by atoms with Crippen LogP contribution in [0.5, 0.6) is 0 Å². The lowest BCUT2D eigenvalue weighted by molar-refractivity contribution is 0.122. The van der Waals surface area contributed by atoms with Crippen LogP contribution in [-0.2, 0) is 0 Å². The maximum atomic E-state index is 12.4. The van der Waals surface area contributed by atoms with E-state index < -0.39 is 0 Å². The standard InChI is InChI=1S/C18H35N5O/c1-12-10-16(23(2)3)21-17(19-12)22-18(24)20-15-9-8-13-6-4-5-7-14(13)11-15/h12-17,19,21H,4-11H2,1-3H3,(H2,20,22,24). The molecule has 24 heavy (non-hydrogen) atoms. The first-order chi connectivity index (χ1) is 11.5. The van der Waals surface area contributed by atoms with Crippen LogP contribution in [0.4, 0.5) is 4.79 Å². The number of urea groups is 1. The van der Waals surface area contributed by atoms with E-state index >= 15 is 0 Å². The van der Waals surface area contributed by atoms with Gasteiger partial charge in [0.05, 0.1) is 6.17 Å². The molecule has 1 aliphatic heterocycles. The highest BCUT2D eigenvalue weighted by Gasteiger charge is 2.33. The predicted octanol–water partition coefficient (Wildman–Crippen LogP) is 1.79. The number of nitrogens with one attached hydrogen (secondary N) is 4. The fourth-order valence-electron chi connectivity index (χ4n) is 4.80. The molecule has 3 fully saturated rings. The van der Waals surface area contributed by atoms with Crippen molar-refractivity contribution in [2.24, 2.45) is 11.8 Å². The van der Waals surface area contributed by atoms with E-state index in [0.717, 1.165) is 24.7 Å². The van der Waals surface area contributed by atoms with Gasteiger partial charge in [0.1, 0.15) is 6.29 Å². The Labute approximate surface area is 146 Å². The second-order valence-electron chi connectivity index (χ2n) is 8.31. The summed E-state index contributed by atoms with van der Waals surface area (Å²) >= 11 is 0. The minimum Gasteiger partial charge on any atom is -0.335 e. The Balaban J connectivity index is 1.45. The van der Waals surface area contributed by atoms with Crippen LogP contribution < -0.4 is 21.3 Å². The molecule has 0 radical (unpaired) electrons. The van der Waals surface area contributed by atoms with E-state index in [4.69, 9.17) is 0 Å². The summed E-state index contributed by atoms with van der Waals surface area (Å²) in [6.45, 7) is 2.16. The summed E-state index contributed by atoms with van der Waals surface area (Å²) in [4.78, 5) is 14.6. The summed E-state index contributed by atoms with van der Waals surface area (Å²) in [5.41, 5.74) is 0. The van der Waals surface area contributed by atoms with Gasteiger partial charge >= 0.3 is 6.03 Å². The molecule has 138 valence electrons. The van der Waals surface area contributed by atoms with E-state index in [-0.39, 0.29) is 18.5 Å². The Bertz CT molecular complexity index is 430. The largest absolute Gasteiger partial charge is 0.335 e. The summed E-state index contributed by atoms with van der Waals surface area (Å²) in [6.07, 6.45) is 10.3. The molecule has 0 bridgehead atoms. The van der Waals surface area contributed by atoms with Gasteiger partial charge in [-0.1, -0.05) is 25.7 Å². The molecule has 6 heteroatoms. The van der Waals surface area contributed by atoms with E-state index in [9.17, 15) is 4.79 Å². The highest BCUT2D eigenvalue weighted by atomic mass is 16.2. The lowest BCUT2D eigenvalue weighted by Crippen LogP contribution is -2.68. The van der Waals surface area contributed by atoms with Crippen molar-refractivity contribution in [1.29, 1.82) is 0 Å². The SMILES string of the molecule is CC1CC(N(C)C)NC(NC(=O)NC2CCC3CCCCC3C2)N1. The minimum absolute atomic E-state index is 0.0501. The van der Waals surface area contributed by atoms with Crippen LogP contribution in [0, 0.1) is 11.8 Å². The maximum Gasteiger partial charge on any atom is 0.317 e. The number of carbonyl (C=O) groups is 1. The van der Waals surface area contributed by atoms with Gasteiger partial charge in [-0.3, -0.25) is 15.5 Å². The van der Waals surface area contributed by atoms with Gasteiger partial charge in [-0.2, -0.15) is 0 Å². The molecule has 3 aliphatic rings. The Morgan fingerprint density at radius 2 is 1.71 bits per heavy atom. The fourth-order valence-corrected chi connectivity index (χ4v) is 4.80. The van der Waals surface area contributed by atoms with Gasteiger partial charge in [0.2, 0.25) is 0 Å². The van der Waals surface area contributed by atoms with Crippen molar-refractivity contribution in [3.05, 3.63) is 0 Å². The van der Waals surface area contributed by atoms with E-state index in [1.165, 1.54) is 38.5 Å². The predicted molar refractivity (Wildman–Crippen MR) is 96.4 cm³/mol. The number of hydrogen-bond acceptors (Lipinski definition) is 4. The van der Waals surface area contributed by atoms with Crippen LogP contribution >= 0.6 is 0 Å². The van der Waals surface area contributed by atoms with Gasteiger partial charge < -0.3 is 10.6 Å². The molecule has 0 aromatic rings. The van der Waals surface area contributed by atoms with Crippen LogP contribution in [0.25, 0.3) is 0 Å². The van der Waals surface area contributed by atoms with Crippen LogP contribution in [0.1, 0.15) is 58.3 Å². The zero-order chi connectivity index (χ0) is 17.1. The normalized spacial score (nSPS) is 40.0. The number of hydrogen-bond donors (Lipinski definition) is 4. The second kappa shape index (κ2) is 8.02. The quantitative estimate of drug-likeness (QED) is 0.634. The van der Waals surface area contributed by atoms with Gasteiger partial charge in [0.15, 0.2) is 0 Å². The number of carbonyl (C=O) groups excluding carboxylic acids is 1. The van der Waals surface area contributed by atoms with Gasteiger partial charge in [-0.05, 0) is 58.5 Å². The van der Waals surface area contributed by atoms with Gasteiger partial charge in [0.25, 0.3) is 0 Å². The van der Waals surface area contributed by atoms with Crippen molar-refractivity contribution in [2.75, 3.05) is 14.1 Å². The molecule has 4 N–H and O–H groups in total. The number of rotatable bonds is 3. The summed E-state index contributed by atoms with van der Waals surface area (Å²) < 4.78 is 0. The topological polar surface area (TPSA) is 68.4 Å². The van der Waals surface area contributed by atoms with Gasteiger partial charge in [0, 0.05) is 12.1 Å². The Morgan fingerprint density at radius 1 is 0.958 bits per heavy atom. The molecular weight excluding hydrogens is 302 g/mol. The van der Waals surface area contributed by atoms with E-state index in [1.54, 1.807) is 0 Å². The van der Waals surface area contributed by atoms with Crippen LogP contribution in [0.15, 0.2) is 0 Å². The van der Waals surface area contributed by atoms with Gasteiger partial charge in [-0.15, -0.1) is 0 Å². The third-order valence-electron chi connectivity index (χ3n) is 6.16. The third kappa shape index (κ3) is 4.61. The summed E-state index contributed by atoms with van der Waals surface area (Å²) in [7, 11) is 4.13. The Hall–Kier alpha value is -0.850. The monoisotopic (exact) mass is 337 g/mol. The van der Waals surface area contributed by atoms with Crippen molar-refractivity contribution in [2.45, 2.75) is 82.8 Å². The molecule has 2 aliphatic carbocycles. The van der Waals surface area contributed by atoms with Crippen LogP contribution in [0.3, 0.4) is 0 Å². The van der Waals surface area contributed by atoms with Crippen molar-refractivity contribution in [3.8, 4) is 0 Å². The first-order valence-electron chi connectivity index (χ1n) is 9.77. The summed E-state index contributed by atoms with van der Waals surface area (Å²) in [5, 5.41) is 13.1. The van der Waals surface area contributed by atoms with E-state index in [2.05, 4.69) is 47.2 Å². The second-order valence-corrected chi connectivity index (χ2v) is 8.31. The molecule has 0 aromatic carbocycles. The number of amides is 2.